The first-order valence-corrected chi connectivity index (χ1v) is 8.59. The quantitative estimate of drug-likeness (QED) is 0.879. The molecule has 3 rings (SSSR count). The largest absolute Gasteiger partial charge is 0.330 e. The molecule has 1 saturated carbocycles. The van der Waals surface area contributed by atoms with Gasteiger partial charge in [-0.15, -0.1) is 23.7 Å². The molecule has 4 nitrogen and oxygen atoms in total. The third-order valence-corrected chi connectivity index (χ3v) is 5.30. The van der Waals surface area contributed by atoms with Crippen LogP contribution in [0.5, 0.6) is 0 Å². The number of hydrogen-bond donors (Lipinski definition) is 2. The van der Waals surface area contributed by atoms with Crippen molar-refractivity contribution in [2.45, 2.75) is 26.2 Å². The highest BCUT2D eigenvalue weighted by Gasteiger charge is 2.31. The summed E-state index contributed by atoms with van der Waals surface area (Å²) < 4.78 is 0. The summed E-state index contributed by atoms with van der Waals surface area (Å²) in [6.07, 6.45) is 3.10. The zero-order valence-corrected chi connectivity index (χ0v) is 14.8. The van der Waals surface area contributed by atoms with Crippen LogP contribution < -0.4 is 11.1 Å². The SMILES string of the molecule is Cc1csc(-c2cccc(NC(=O)[C@@H]3CCC[C@@H]3CN)c2)n1.Cl. The third-order valence-electron chi connectivity index (χ3n) is 4.29. The minimum Gasteiger partial charge on any atom is -0.330 e. The smallest absolute Gasteiger partial charge is 0.227 e. The summed E-state index contributed by atoms with van der Waals surface area (Å²) in [6.45, 7) is 2.58. The number of aryl methyl sites for hydroxylation is 1. The van der Waals surface area contributed by atoms with Crippen LogP contribution in [0.4, 0.5) is 5.69 Å². The number of nitrogens with two attached hydrogens (primary N) is 1. The first-order chi connectivity index (χ1) is 10.7. The third kappa shape index (κ3) is 4.10. The average Bonchev–Trinajstić information content (AvgIpc) is 3.16. The van der Waals surface area contributed by atoms with Gasteiger partial charge in [0.05, 0.1) is 0 Å². The Morgan fingerprint density at radius 3 is 2.96 bits per heavy atom. The summed E-state index contributed by atoms with van der Waals surface area (Å²) in [5.41, 5.74) is 8.66. The van der Waals surface area contributed by atoms with Gasteiger partial charge in [-0.2, -0.15) is 0 Å². The molecule has 23 heavy (non-hydrogen) atoms. The van der Waals surface area contributed by atoms with E-state index in [0.717, 1.165) is 41.2 Å². The number of nitrogens with one attached hydrogen (secondary N) is 1. The number of amides is 1. The molecule has 0 spiro atoms. The van der Waals surface area contributed by atoms with Crippen molar-refractivity contribution in [2.75, 3.05) is 11.9 Å². The molecule has 0 bridgehead atoms. The highest BCUT2D eigenvalue weighted by molar-refractivity contribution is 7.13. The fourth-order valence-corrected chi connectivity index (χ4v) is 3.91. The van der Waals surface area contributed by atoms with E-state index in [4.69, 9.17) is 5.73 Å². The van der Waals surface area contributed by atoms with E-state index in [9.17, 15) is 4.79 Å². The van der Waals surface area contributed by atoms with E-state index >= 15 is 0 Å². The zero-order valence-electron chi connectivity index (χ0n) is 13.1. The summed E-state index contributed by atoms with van der Waals surface area (Å²) in [4.78, 5) is 16.9. The lowest BCUT2D eigenvalue weighted by Gasteiger charge is -2.17. The number of carbonyl (C=O) groups is 1. The molecule has 1 amide bonds. The summed E-state index contributed by atoms with van der Waals surface area (Å²) in [5, 5.41) is 6.06. The number of carbonyl (C=O) groups excluding carboxylic acids is 1. The van der Waals surface area contributed by atoms with Crippen LogP contribution in [0.15, 0.2) is 29.6 Å². The molecule has 2 atom stereocenters. The highest BCUT2D eigenvalue weighted by Crippen LogP contribution is 2.32. The highest BCUT2D eigenvalue weighted by atomic mass is 35.5. The Labute approximate surface area is 146 Å². The van der Waals surface area contributed by atoms with E-state index in [2.05, 4.69) is 10.3 Å². The molecule has 1 aromatic carbocycles. The van der Waals surface area contributed by atoms with Gasteiger partial charge in [0, 0.05) is 28.2 Å². The van der Waals surface area contributed by atoms with E-state index < -0.39 is 0 Å². The van der Waals surface area contributed by atoms with Crippen molar-refractivity contribution in [3.05, 3.63) is 35.3 Å². The molecular weight excluding hydrogens is 330 g/mol. The van der Waals surface area contributed by atoms with Gasteiger partial charge in [0.1, 0.15) is 5.01 Å². The van der Waals surface area contributed by atoms with Gasteiger partial charge >= 0.3 is 0 Å². The van der Waals surface area contributed by atoms with E-state index in [1.165, 1.54) is 0 Å². The second-order valence-corrected chi connectivity index (χ2v) is 6.76. The van der Waals surface area contributed by atoms with E-state index in [1.807, 2.05) is 36.6 Å². The van der Waals surface area contributed by atoms with Crippen LogP contribution in [0.1, 0.15) is 25.0 Å². The maximum atomic E-state index is 12.5. The maximum absolute atomic E-state index is 12.5. The Balaban J connectivity index is 0.00000192. The van der Waals surface area contributed by atoms with Crippen molar-refractivity contribution in [2.24, 2.45) is 17.6 Å². The predicted octanol–water partition coefficient (Wildman–Crippen LogP) is 3.85. The Bertz CT molecular complexity index is 673. The summed E-state index contributed by atoms with van der Waals surface area (Å²) in [5.74, 6) is 0.473. The van der Waals surface area contributed by atoms with Crippen molar-refractivity contribution in [3.63, 3.8) is 0 Å². The molecule has 1 aliphatic carbocycles. The summed E-state index contributed by atoms with van der Waals surface area (Å²) in [6, 6.07) is 7.89. The summed E-state index contributed by atoms with van der Waals surface area (Å²) in [7, 11) is 0. The van der Waals surface area contributed by atoms with E-state index in [0.29, 0.717) is 12.5 Å². The predicted molar refractivity (Wildman–Crippen MR) is 98.1 cm³/mol. The minimum atomic E-state index is 0. The van der Waals surface area contributed by atoms with Crippen LogP contribution in [-0.4, -0.2) is 17.4 Å². The Hall–Kier alpha value is -1.43. The molecule has 0 radical (unpaired) electrons. The fraction of sp³-hybridized carbons (Fsp3) is 0.412. The van der Waals surface area contributed by atoms with Gasteiger partial charge < -0.3 is 11.1 Å². The summed E-state index contributed by atoms with van der Waals surface area (Å²) >= 11 is 1.62. The van der Waals surface area contributed by atoms with Gasteiger partial charge in [0.25, 0.3) is 0 Å². The standard InChI is InChI=1S/C17H21N3OS.ClH/c1-11-10-22-17(19-11)12-4-2-6-14(8-12)20-16(21)15-7-3-5-13(15)9-18;/h2,4,6,8,10,13,15H,3,5,7,9,18H2,1H3,(H,20,21);1H/t13-,15-;/m1./s1. The van der Waals surface area contributed by atoms with Crippen LogP contribution in [0.25, 0.3) is 10.6 Å². The van der Waals surface area contributed by atoms with Crippen LogP contribution >= 0.6 is 23.7 Å². The molecule has 1 aromatic heterocycles. The molecule has 1 fully saturated rings. The number of nitrogens with zero attached hydrogens (tertiary/aromatic N) is 1. The van der Waals surface area contributed by atoms with Crippen molar-refractivity contribution in [1.29, 1.82) is 0 Å². The number of rotatable bonds is 4. The number of aromatic nitrogens is 1. The van der Waals surface area contributed by atoms with E-state index in [1.54, 1.807) is 11.3 Å². The molecule has 6 heteroatoms. The van der Waals surface area contributed by atoms with Crippen LogP contribution in [-0.2, 0) is 4.79 Å². The Kier molecular flexibility index (Phi) is 6.16. The number of thiazole rings is 1. The van der Waals surface area contributed by atoms with Gasteiger partial charge in [0.15, 0.2) is 0 Å². The van der Waals surface area contributed by atoms with Crippen molar-refractivity contribution in [3.8, 4) is 10.6 Å². The molecule has 1 aliphatic rings. The van der Waals surface area contributed by atoms with Crippen molar-refractivity contribution >= 4 is 35.3 Å². The molecule has 0 aliphatic heterocycles. The molecule has 0 saturated heterocycles. The van der Waals surface area contributed by atoms with Gasteiger partial charge in [0.2, 0.25) is 5.91 Å². The van der Waals surface area contributed by atoms with Crippen LogP contribution in [0.3, 0.4) is 0 Å². The first-order valence-electron chi connectivity index (χ1n) is 7.71. The van der Waals surface area contributed by atoms with Gasteiger partial charge in [-0.1, -0.05) is 18.6 Å². The molecular formula is C17H22ClN3OS. The lowest BCUT2D eigenvalue weighted by molar-refractivity contribution is -0.120. The molecule has 124 valence electrons. The molecule has 1 heterocycles. The average molecular weight is 352 g/mol. The molecule has 0 unspecified atom stereocenters. The first kappa shape index (κ1) is 17.9. The Morgan fingerprint density at radius 1 is 1.43 bits per heavy atom. The molecule has 2 aromatic rings. The second-order valence-electron chi connectivity index (χ2n) is 5.90. The minimum absolute atomic E-state index is 0. The van der Waals surface area contributed by atoms with Crippen LogP contribution in [0.2, 0.25) is 0 Å². The number of benzene rings is 1. The zero-order chi connectivity index (χ0) is 15.5. The number of hydrogen-bond acceptors (Lipinski definition) is 4. The van der Waals surface area contributed by atoms with Crippen molar-refractivity contribution < 1.29 is 4.79 Å². The fourth-order valence-electron chi connectivity index (χ4n) is 3.12. The Morgan fingerprint density at radius 2 is 2.26 bits per heavy atom. The lowest BCUT2D eigenvalue weighted by Crippen LogP contribution is -2.29. The monoisotopic (exact) mass is 351 g/mol. The molecule has 3 N–H and O–H groups in total. The lowest BCUT2D eigenvalue weighted by atomic mass is 9.95. The van der Waals surface area contributed by atoms with Crippen LogP contribution in [0, 0.1) is 18.8 Å². The van der Waals surface area contributed by atoms with Gasteiger partial charge in [-0.3, -0.25) is 4.79 Å². The second kappa shape index (κ2) is 7.90. The van der Waals surface area contributed by atoms with E-state index in [-0.39, 0.29) is 24.2 Å². The van der Waals surface area contributed by atoms with Crippen molar-refractivity contribution in [1.82, 2.24) is 4.98 Å². The van der Waals surface area contributed by atoms with Gasteiger partial charge in [-0.25, -0.2) is 4.98 Å². The number of anilines is 1. The normalized spacial score (nSPS) is 20.1. The number of halogens is 1. The topological polar surface area (TPSA) is 68.0 Å². The van der Waals surface area contributed by atoms with Gasteiger partial charge in [-0.05, 0) is 44.4 Å². The maximum Gasteiger partial charge on any atom is 0.227 e.